The van der Waals surface area contributed by atoms with Gasteiger partial charge in [-0.1, -0.05) is 17.7 Å². The highest BCUT2D eigenvalue weighted by Crippen LogP contribution is 2.24. The zero-order chi connectivity index (χ0) is 19.6. The van der Waals surface area contributed by atoms with Crippen LogP contribution in [0.5, 0.6) is 0 Å². The second kappa shape index (κ2) is 7.82. The molecule has 9 heteroatoms. The minimum absolute atomic E-state index is 0.0598. The average molecular weight is 397 g/mol. The van der Waals surface area contributed by atoms with Crippen molar-refractivity contribution >= 4 is 17.7 Å². The number of rotatable bonds is 3. The molecule has 1 unspecified atom stereocenters. The molecule has 1 saturated heterocycles. The summed E-state index contributed by atoms with van der Waals surface area (Å²) in [5.74, 6) is 0.000760. The maximum absolute atomic E-state index is 13.3. The number of nitrogens with zero attached hydrogens (tertiary/aromatic N) is 4. The number of amides is 1. The first kappa shape index (κ1) is 19.6. The molecular formula is C18H22ClFN4O3. The van der Waals surface area contributed by atoms with Gasteiger partial charge in [-0.15, -0.1) is 0 Å². The van der Waals surface area contributed by atoms with E-state index in [9.17, 15) is 9.18 Å². The summed E-state index contributed by atoms with van der Waals surface area (Å²) in [5, 5.41) is 4.51. The Balaban J connectivity index is 1.74. The second-order valence-electron chi connectivity index (χ2n) is 7.31. The standard InChI is InChI=1S/C18H22ClFN4O3/c1-18(2,3)27-17(25)24-6-7-26-10-15(24)16-21-11-23(22-16)9-12-4-5-14(20)13(19)8-12/h4-5,8,11,15H,6-7,9-10H2,1-3H3. The molecule has 0 aliphatic carbocycles. The molecule has 146 valence electrons. The molecule has 0 bridgehead atoms. The summed E-state index contributed by atoms with van der Waals surface area (Å²) < 4.78 is 25.9. The largest absolute Gasteiger partial charge is 0.444 e. The Bertz CT molecular complexity index is 821. The number of halogens is 2. The lowest BCUT2D eigenvalue weighted by molar-refractivity contribution is -0.0351. The van der Waals surface area contributed by atoms with Crippen molar-refractivity contribution in [3.8, 4) is 0 Å². The zero-order valence-electron chi connectivity index (χ0n) is 15.5. The first-order chi connectivity index (χ1) is 12.7. The summed E-state index contributed by atoms with van der Waals surface area (Å²) in [5.41, 5.74) is 0.205. The van der Waals surface area contributed by atoms with Gasteiger partial charge in [-0.05, 0) is 38.5 Å². The van der Waals surface area contributed by atoms with Crippen LogP contribution in [0.15, 0.2) is 24.5 Å². The first-order valence-corrected chi connectivity index (χ1v) is 9.01. The Hall–Kier alpha value is -2.19. The van der Waals surface area contributed by atoms with Gasteiger partial charge in [0, 0.05) is 6.54 Å². The van der Waals surface area contributed by atoms with Gasteiger partial charge in [0.05, 0.1) is 24.8 Å². The highest BCUT2D eigenvalue weighted by Gasteiger charge is 2.34. The van der Waals surface area contributed by atoms with Gasteiger partial charge in [0.2, 0.25) is 0 Å². The molecule has 1 aliphatic heterocycles. The fourth-order valence-corrected chi connectivity index (χ4v) is 2.92. The van der Waals surface area contributed by atoms with Crippen LogP contribution >= 0.6 is 11.6 Å². The van der Waals surface area contributed by atoms with Gasteiger partial charge >= 0.3 is 6.09 Å². The van der Waals surface area contributed by atoms with Gasteiger partial charge in [-0.25, -0.2) is 18.9 Å². The predicted molar refractivity (Wildman–Crippen MR) is 97.0 cm³/mol. The van der Waals surface area contributed by atoms with E-state index >= 15 is 0 Å². The van der Waals surface area contributed by atoms with Gasteiger partial charge < -0.3 is 9.47 Å². The smallest absolute Gasteiger partial charge is 0.411 e. The van der Waals surface area contributed by atoms with Crippen LogP contribution in [-0.2, 0) is 16.0 Å². The zero-order valence-corrected chi connectivity index (χ0v) is 16.2. The molecule has 1 aromatic carbocycles. The fourth-order valence-electron chi connectivity index (χ4n) is 2.72. The Morgan fingerprint density at radius 2 is 2.22 bits per heavy atom. The summed E-state index contributed by atoms with van der Waals surface area (Å²) in [7, 11) is 0. The van der Waals surface area contributed by atoms with Crippen molar-refractivity contribution in [1.82, 2.24) is 19.7 Å². The van der Waals surface area contributed by atoms with E-state index in [-0.39, 0.29) is 5.02 Å². The Morgan fingerprint density at radius 3 is 2.93 bits per heavy atom. The normalized spacial score (nSPS) is 17.8. The van der Waals surface area contributed by atoms with E-state index in [2.05, 4.69) is 10.1 Å². The van der Waals surface area contributed by atoms with E-state index in [1.807, 2.05) is 20.8 Å². The number of aromatic nitrogens is 3. The average Bonchev–Trinajstić information content (AvgIpc) is 3.05. The van der Waals surface area contributed by atoms with Crippen LogP contribution < -0.4 is 0 Å². The molecule has 1 amide bonds. The molecule has 27 heavy (non-hydrogen) atoms. The van der Waals surface area contributed by atoms with Gasteiger partial charge in [-0.2, -0.15) is 5.10 Å². The van der Waals surface area contributed by atoms with E-state index in [4.69, 9.17) is 21.1 Å². The molecule has 2 heterocycles. The summed E-state index contributed by atoms with van der Waals surface area (Å²) in [4.78, 5) is 18.4. The van der Waals surface area contributed by atoms with Crippen LogP contribution in [-0.4, -0.2) is 51.1 Å². The molecule has 1 fully saturated rings. The van der Waals surface area contributed by atoms with E-state index in [1.54, 1.807) is 28.0 Å². The van der Waals surface area contributed by atoms with Crippen molar-refractivity contribution in [2.24, 2.45) is 0 Å². The Kier molecular flexibility index (Phi) is 5.67. The van der Waals surface area contributed by atoms with Crippen molar-refractivity contribution < 1.29 is 18.7 Å². The van der Waals surface area contributed by atoms with Gasteiger partial charge in [0.15, 0.2) is 5.82 Å². The molecule has 3 rings (SSSR count). The summed E-state index contributed by atoms with van der Waals surface area (Å²) in [6.07, 6.45) is 1.14. The Morgan fingerprint density at radius 1 is 1.44 bits per heavy atom. The van der Waals surface area contributed by atoms with E-state index in [1.165, 1.54) is 6.07 Å². The lowest BCUT2D eigenvalue weighted by Crippen LogP contribution is -2.46. The number of morpholine rings is 1. The SMILES string of the molecule is CC(C)(C)OC(=O)N1CCOCC1c1ncn(Cc2ccc(F)c(Cl)c2)n1. The van der Waals surface area contributed by atoms with Crippen LogP contribution in [0.25, 0.3) is 0 Å². The lowest BCUT2D eigenvalue weighted by Gasteiger charge is -2.35. The van der Waals surface area contributed by atoms with Crippen molar-refractivity contribution in [1.29, 1.82) is 0 Å². The Labute approximate surface area is 162 Å². The molecule has 0 saturated carbocycles. The van der Waals surface area contributed by atoms with Gasteiger partial charge in [-0.3, -0.25) is 4.90 Å². The van der Waals surface area contributed by atoms with Crippen molar-refractivity contribution in [3.05, 3.63) is 46.8 Å². The minimum atomic E-state index is -0.589. The van der Waals surface area contributed by atoms with Gasteiger partial charge in [0.25, 0.3) is 0 Å². The molecular weight excluding hydrogens is 375 g/mol. The second-order valence-corrected chi connectivity index (χ2v) is 7.72. The predicted octanol–water partition coefficient (Wildman–Crippen LogP) is 3.43. The van der Waals surface area contributed by atoms with E-state index in [0.717, 1.165) is 5.56 Å². The summed E-state index contributed by atoms with van der Waals surface area (Å²) in [6, 6.07) is 4.08. The fraction of sp³-hybridized carbons (Fsp3) is 0.500. The third kappa shape index (κ3) is 4.95. The van der Waals surface area contributed by atoms with Crippen LogP contribution in [0.1, 0.15) is 38.2 Å². The lowest BCUT2D eigenvalue weighted by atomic mass is 10.2. The molecule has 0 spiro atoms. The highest BCUT2D eigenvalue weighted by molar-refractivity contribution is 6.30. The first-order valence-electron chi connectivity index (χ1n) is 8.63. The molecule has 1 aromatic heterocycles. The monoisotopic (exact) mass is 396 g/mol. The van der Waals surface area contributed by atoms with Crippen LogP contribution in [0.2, 0.25) is 5.02 Å². The number of ether oxygens (including phenoxy) is 2. The third-order valence-electron chi connectivity index (χ3n) is 3.94. The molecule has 0 radical (unpaired) electrons. The third-order valence-corrected chi connectivity index (χ3v) is 4.23. The van der Waals surface area contributed by atoms with Crippen molar-refractivity contribution in [3.63, 3.8) is 0 Å². The minimum Gasteiger partial charge on any atom is -0.444 e. The van der Waals surface area contributed by atoms with E-state index < -0.39 is 23.6 Å². The number of hydrogen-bond acceptors (Lipinski definition) is 5. The highest BCUT2D eigenvalue weighted by atomic mass is 35.5. The number of hydrogen-bond donors (Lipinski definition) is 0. The van der Waals surface area contributed by atoms with Crippen LogP contribution in [0.4, 0.5) is 9.18 Å². The number of carbonyl (C=O) groups excluding carboxylic acids is 1. The summed E-state index contributed by atoms with van der Waals surface area (Å²) in [6.45, 7) is 6.98. The molecule has 0 N–H and O–H groups in total. The van der Waals surface area contributed by atoms with Crippen LogP contribution in [0, 0.1) is 5.82 Å². The van der Waals surface area contributed by atoms with Gasteiger partial charge in [0.1, 0.15) is 23.8 Å². The topological polar surface area (TPSA) is 69.5 Å². The quantitative estimate of drug-likeness (QED) is 0.795. The number of benzene rings is 1. The molecule has 1 aliphatic rings. The molecule has 1 atom stereocenters. The number of carbonyl (C=O) groups is 1. The maximum atomic E-state index is 13.3. The maximum Gasteiger partial charge on any atom is 0.411 e. The summed E-state index contributed by atoms with van der Waals surface area (Å²) >= 11 is 5.82. The van der Waals surface area contributed by atoms with Crippen molar-refractivity contribution in [2.75, 3.05) is 19.8 Å². The molecule has 2 aromatic rings. The van der Waals surface area contributed by atoms with E-state index in [0.29, 0.717) is 32.1 Å². The molecule has 7 nitrogen and oxygen atoms in total. The van der Waals surface area contributed by atoms with Crippen molar-refractivity contribution in [2.45, 2.75) is 39.0 Å². The van der Waals surface area contributed by atoms with Crippen LogP contribution in [0.3, 0.4) is 0 Å².